The number of fused-ring (bicyclic) bond motifs is 2. The number of amides is 3. The van der Waals surface area contributed by atoms with E-state index in [1.165, 1.54) is 0 Å². The van der Waals surface area contributed by atoms with E-state index in [9.17, 15) is 14.4 Å². The lowest BCUT2D eigenvalue weighted by molar-refractivity contribution is -0.142. The number of nitrogens with zero attached hydrogens (tertiary/aromatic N) is 1. The van der Waals surface area contributed by atoms with Crippen LogP contribution in [0.5, 0.6) is 17.2 Å². The number of rotatable bonds is 7. The normalized spacial score (nSPS) is 29.5. The van der Waals surface area contributed by atoms with E-state index in [1.54, 1.807) is 42.3 Å². The lowest BCUT2D eigenvalue weighted by Crippen LogP contribution is -2.56. The van der Waals surface area contributed by atoms with Gasteiger partial charge in [-0.3, -0.25) is 14.4 Å². The highest BCUT2D eigenvalue weighted by Gasteiger charge is 2.72. The van der Waals surface area contributed by atoms with Gasteiger partial charge in [0, 0.05) is 24.3 Å². The number of anilines is 1. The van der Waals surface area contributed by atoms with E-state index >= 15 is 0 Å². The summed E-state index contributed by atoms with van der Waals surface area (Å²) in [6, 6.07) is 11.7. The van der Waals surface area contributed by atoms with Crippen LogP contribution in [0.4, 0.5) is 5.69 Å². The zero-order valence-electron chi connectivity index (χ0n) is 22.8. The molecule has 2 aromatic carbocycles. The van der Waals surface area contributed by atoms with Crippen LogP contribution in [0.15, 0.2) is 54.6 Å². The Hall–Kier alpha value is -4.05. The number of carbonyl (C=O) groups is 3. The Morgan fingerprint density at radius 3 is 2.71 bits per heavy atom. The number of methoxy groups -OCH3 is 1. The number of carbonyl (C=O) groups excluding carboxylic acids is 3. The van der Waals surface area contributed by atoms with Crippen molar-refractivity contribution in [2.75, 3.05) is 19.2 Å². The van der Waals surface area contributed by atoms with E-state index in [1.807, 2.05) is 24.3 Å². The van der Waals surface area contributed by atoms with E-state index in [0.29, 0.717) is 22.9 Å². The standard InChI is InChI=1S/C31H33N3O7/c1-38-21-9-5-8-20(15-21)33-28(35)25-23-12-13-31(41-23)26(25)30(37)34(16-18-10-11-22-24(14-18)40-17-39-22)27(31)29(36)32-19-6-3-2-4-7-19/h5,8-15,19,23,25-27H,2-4,6-7,16-17H2,1H3,(H,32,36)(H,33,35)/t23-,25+,26-,27-,31-/m0/s1. The van der Waals surface area contributed by atoms with Crippen LogP contribution in [0.2, 0.25) is 0 Å². The average molecular weight is 560 g/mol. The molecule has 10 nitrogen and oxygen atoms in total. The van der Waals surface area contributed by atoms with Crippen molar-refractivity contribution >= 4 is 23.4 Å². The predicted molar refractivity (Wildman–Crippen MR) is 147 cm³/mol. The van der Waals surface area contributed by atoms with Gasteiger partial charge in [-0.1, -0.05) is 43.5 Å². The number of likely N-dealkylation sites (tertiary alicyclic amines) is 1. The molecule has 0 unspecified atom stereocenters. The number of ether oxygens (including phenoxy) is 4. The van der Waals surface area contributed by atoms with Gasteiger partial charge < -0.3 is 34.5 Å². The molecule has 4 aliphatic heterocycles. The minimum Gasteiger partial charge on any atom is -0.497 e. The number of benzene rings is 2. The first kappa shape index (κ1) is 25.9. The summed E-state index contributed by atoms with van der Waals surface area (Å²) < 4.78 is 22.7. The molecule has 0 radical (unpaired) electrons. The molecule has 0 aromatic heterocycles. The molecule has 5 atom stereocenters. The zero-order valence-corrected chi connectivity index (χ0v) is 22.8. The molecule has 41 heavy (non-hydrogen) atoms. The van der Waals surface area contributed by atoms with Crippen molar-refractivity contribution in [3.8, 4) is 17.2 Å². The van der Waals surface area contributed by atoms with Crippen LogP contribution < -0.4 is 24.8 Å². The minimum absolute atomic E-state index is 0.0592. The Kier molecular flexibility index (Phi) is 6.37. The van der Waals surface area contributed by atoms with Crippen LogP contribution in [0.25, 0.3) is 0 Å². The maximum atomic E-state index is 14.3. The topological polar surface area (TPSA) is 115 Å². The molecule has 2 saturated heterocycles. The van der Waals surface area contributed by atoms with E-state index in [0.717, 1.165) is 37.7 Å². The van der Waals surface area contributed by atoms with Crippen LogP contribution in [0, 0.1) is 11.8 Å². The van der Waals surface area contributed by atoms with Crippen molar-refractivity contribution < 1.29 is 33.3 Å². The van der Waals surface area contributed by atoms with Crippen LogP contribution >= 0.6 is 0 Å². The van der Waals surface area contributed by atoms with Gasteiger partial charge in [0.05, 0.1) is 25.0 Å². The molecule has 2 aromatic rings. The Balaban J connectivity index is 1.21. The summed E-state index contributed by atoms with van der Waals surface area (Å²) in [6.07, 6.45) is 8.17. The number of hydrogen-bond donors (Lipinski definition) is 2. The molecule has 5 aliphatic rings. The molecular formula is C31H33N3O7. The monoisotopic (exact) mass is 559 g/mol. The summed E-state index contributed by atoms with van der Waals surface area (Å²) in [6.45, 7) is 0.311. The average Bonchev–Trinajstić information content (AvgIpc) is 3.74. The van der Waals surface area contributed by atoms with Gasteiger partial charge in [-0.05, 0) is 42.7 Å². The minimum atomic E-state index is -1.23. The smallest absolute Gasteiger partial charge is 0.246 e. The second-order valence-electron chi connectivity index (χ2n) is 11.4. The van der Waals surface area contributed by atoms with Gasteiger partial charge in [-0.15, -0.1) is 0 Å². The fourth-order valence-electron chi connectivity index (χ4n) is 7.13. The summed E-state index contributed by atoms with van der Waals surface area (Å²) >= 11 is 0. The van der Waals surface area contributed by atoms with E-state index < -0.39 is 29.6 Å². The van der Waals surface area contributed by atoms with Crippen LogP contribution in [0.1, 0.15) is 37.7 Å². The zero-order chi connectivity index (χ0) is 28.1. The second-order valence-corrected chi connectivity index (χ2v) is 11.4. The molecule has 2 bridgehead atoms. The quantitative estimate of drug-likeness (QED) is 0.501. The van der Waals surface area contributed by atoms with Crippen LogP contribution in [-0.2, 0) is 25.7 Å². The highest BCUT2D eigenvalue weighted by Crippen LogP contribution is 2.55. The predicted octanol–water partition coefficient (Wildman–Crippen LogP) is 3.16. The molecule has 1 saturated carbocycles. The molecule has 214 valence electrons. The first-order valence-electron chi connectivity index (χ1n) is 14.3. The Bertz CT molecular complexity index is 1420. The largest absolute Gasteiger partial charge is 0.497 e. The van der Waals surface area contributed by atoms with Crippen molar-refractivity contribution in [1.82, 2.24) is 10.2 Å². The first-order valence-corrected chi connectivity index (χ1v) is 14.3. The van der Waals surface area contributed by atoms with Crippen LogP contribution in [-0.4, -0.2) is 60.3 Å². The van der Waals surface area contributed by atoms with E-state index in [2.05, 4.69) is 10.6 Å². The Morgan fingerprint density at radius 2 is 1.88 bits per heavy atom. The summed E-state index contributed by atoms with van der Waals surface area (Å²) in [5.74, 6) is -0.619. The van der Waals surface area contributed by atoms with Gasteiger partial charge in [0.25, 0.3) is 0 Å². The molecule has 3 fully saturated rings. The number of hydrogen-bond acceptors (Lipinski definition) is 7. The highest BCUT2D eigenvalue weighted by molar-refractivity contribution is 6.02. The fraction of sp³-hybridized carbons (Fsp3) is 0.452. The molecular weight excluding hydrogens is 526 g/mol. The molecule has 1 spiro atoms. The Morgan fingerprint density at radius 1 is 1.05 bits per heavy atom. The van der Waals surface area contributed by atoms with Crippen LogP contribution in [0.3, 0.4) is 0 Å². The molecule has 3 amide bonds. The molecule has 7 rings (SSSR count). The van der Waals surface area contributed by atoms with Gasteiger partial charge in [-0.2, -0.15) is 0 Å². The van der Waals surface area contributed by atoms with Crippen molar-refractivity contribution in [2.45, 2.75) is 62.4 Å². The second kappa shape index (κ2) is 10.1. The lowest BCUT2D eigenvalue weighted by Gasteiger charge is -2.34. The maximum Gasteiger partial charge on any atom is 0.246 e. The van der Waals surface area contributed by atoms with Gasteiger partial charge in [0.15, 0.2) is 11.5 Å². The third-order valence-electron chi connectivity index (χ3n) is 9.00. The third kappa shape index (κ3) is 4.32. The fourth-order valence-corrected chi connectivity index (χ4v) is 7.13. The van der Waals surface area contributed by atoms with Crippen molar-refractivity contribution in [3.05, 3.63) is 60.2 Å². The van der Waals surface area contributed by atoms with E-state index in [4.69, 9.17) is 18.9 Å². The third-order valence-corrected chi connectivity index (χ3v) is 9.00. The Labute approximate surface area is 238 Å². The summed E-state index contributed by atoms with van der Waals surface area (Å²) in [4.78, 5) is 43.6. The van der Waals surface area contributed by atoms with Gasteiger partial charge >= 0.3 is 0 Å². The van der Waals surface area contributed by atoms with Crippen molar-refractivity contribution in [3.63, 3.8) is 0 Å². The number of nitrogens with one attached hydrogen (secondary N) is 2. The molecule has 1 aliphatic carbocycles. The van der Waals surface area contributed by atoms with E-state index in [-0.39, 0.29) is 37.1 Å². The SMILES string of the molecule is COc1cccc(NC(=O)[C@@H]2[C@@H]3C=C[C@]4(O3)[C@@H]2C(=O)N(Cc2ccc3c(c2)OCO3)[C@H]4C(=O)NC2CCCCC2)c1. The molecule has 10 heteroatoms. The van der Waals surface area contributed by atoms with Crippen molar-refractivity contribution in [2.24, 2.45) is 11.8 Å². The summed E-state index contributed by atoms with van der Waals surface area (Å²) in [5.41, 5.74) is 0.127. The lowest BCUT2D eigenvalue weighted by atomic mass is 9.74. The highest BCUT2D eigenvalue weighted by atomic mass is 16.7. The molecule has 2 N–H and O–H groups in total. The van der Waals surface area contributed by atoms with Gasteiger partial charge in [-0.25, -0.2) is 0 Å². The van der Waals surface area contributed by atoms with Crippen molar-refractivity contribution in [1.29, 1.82) is 0 Å². The summed E-state index contributed by atoms with van der Waals surface area (Å²) in [5, 5.41) is 6.16. The first-order chi connectivity index (χ1) is 20.0. The van der Waals surface area contributed by atoms with Gasteiger partial charge in [0.1, 0.15) is 17.4 Å². The summed E-state index contributed by atoms with van der Waals surface area (Å²) in [7, 11) is 1.56. The maximum absolute atomic E-state index is 14.3. The molecule has 4 heterocycles. The van der Waals surface area contributed by atoms with Gasteiger partial charge in [0.2, 0.25) is 24.5 Å².